The SMILES string of the molecule is O=C(O)[C@@H]1CCc2cc(Oc3ccccc3)ccc2O1. The lowest BCUT2D eigenvalue weighted by Gasteiger charge is -2.23. The van der Waals surface area contributed by atoms with Gasteiger partial charge in [-0.05, 0) is 48.7 Å². The molecule has 0 saturated heterocycles. The molecule has 2 aromatic rings. The lowest BCUT2D eigenvalue weighted by molar-refractivity contribution is -0.145. The van der Waals surface area contributed by atoms with Crippen LogP contribution in [0.5, 0.6) is 17.2 Å². The second kappa shape index (κ2) is 5.25. The molecule has 0 spiro atoms. The fourth-order valence-corrected chi connectivity index (χ4v) is 2.23. The van der Waals surface area contributed by atoms with Gasteiger partial charge >= 0.3 is 5.97 Å². The number of para-hydroxylation sites is 1. The molecule has 1 aliphatic rings. The molecule has 1 aliphatic heterocycles. The van der Waals surface area contributed by atoms with Crippen molar-refractivity contribution in [3.05, 3.63) is 54.1 Å². The van der Waals surface area contributed by atoms with Gasteiger partial charge in [0.15, 0.2) is 6.10 Å². The van der Waals surface area contributed by atoms with E-state index in [1.165, 1.54) is 0 Å². The maximum atomic E-state index is 10.9. The number of fused-ring (bicyclic) bond motifs is 1. The predicted molar refractivity (Wildman–Crippen MR) is 73.3 cm³/mol. The molecular formula is C16H14O4. The van der Waals surface area contributed by atoms with E-state index in [1.807, 2.05) is 36.4 Å². The Hall–Kier alpha value is -2.49. The molecule has 2 aromatic carbocycles. The molecular weight excluding hydrogens is 256 g/mol. The normalized spacial score (nSPS) is 16.9. The van der Waals surface area contributed by atoms with Gasteiger partial charge in [-0.2, -0.15) is 0 Å². The number of rotatable bonds is 3. The van der Waals surface area contributed by atoms with Gasteiger partial charge in [-0.25, -0.2) is 4.79 Å². The molecule has 0 saturated carbocycles. The van der Waals surface area contributed by atoms with Crippen LogP contribution in [0.4, 0.5) is 0 Å². The van der Waals surface area contributed by atoms with Gasteiger partial charge in [-0.15, -0.1) is 0 Å². The minimum atomic E-state index is -0.916. The van der Waals surface area contributed by atoms with Crippen molar-refractivity contribution in [3.8, 4) is 17.2 Å². The van der Waals surface area contributed by atoms with Crippen molar-refractivity contribution in [2.75, 3.05) is 0 Å². The lowest BCUT2D eigenvalue weighted by atomic mass is 10.0. The van der Waals surface area contributed by atoms with Crippen molar-refractivity contribution in [1.82, 2.24) is 0 Å². The average molecular weight is 270 g/mol. The first-order valence-corrected chi connectivity index (χ1v) is 6.47. The molecule has 0 fully saturated rings. The summed E-state index contributed by atoms with van der Waals surface area (Å²) >= 11 is 0. The zero-order valence-corrected chi connectivity index (χ0v) is 10.8. The van der Waals surface area contributed by atoms with Gasteiger partial charge in [0, 0.05) is 0 Å². The number of hydrogen-bond donors (Lipinski definition) is 1. The molecule has 102 valence electrons. The first kappa shape index (κ1) is 12.5. The highest BCUT2D eigenvalue weighted by atomic mass is 16.5. The van der Waals surface area contributed by atoms with Gasteiger partial charge in [0.2, 0.25) is 0 Å². The number of carboxylic acids is 1. The van der Waals surface area contributed by atoms with E-state index in [4.69, 9.17) is 14.6 Å². The van der Waals surface area contributed by atoms with Crippen molar-refractivity contribution in [3.63, 3.8) is 0 Å². The zero-order chi connectivity index (χ0) is 13.9. The van der Waals surface area contributed by atoms with Crippen LogP contribution in [0.2, 0.25) is 0 Å². The van der Waals surface area contributed by atoms with Gasteiger partial charge in [-0.1, -0.05) is 18.2 Å². The molecule has 0 radical (unpaired) electrons. The summed E-state index contributed by atoms with van der Waals surface area (Å²) in [6.45, 7) is 0. The van der Waals surface area contributed by atoms with Gasteiger partial charge in [0.1, 0.15) is 17.2 Å². The van der Waals surface area contributed by atoms with Crippen LogP contribution in [0.25, 0.3) is 0 Å². The Morgan fingerprint density at radius 2 is 1.95 bits per heavy atom. The Morgan fingerprint density at radius 1 is 1.15 bits per heavy atom. The summed E-state index contributed by atoms with van der Waals surface area (Å²) < 4.78 is 11.2. The molecule has 0 aromatic heterocycles. The predicted octanol–water partition coefficient (Wildman–Crippen LogP) is 3.26. The Bertz CT molecular complexity index is 622. The second-order valence-corrected chi connectivity index (χ2v) is 4.67. The standard InChI is InChI=1S/C16H14O4/c17-16(18)15-8-6-11-10-13(7-9-14(11)20-15)19-12-4-2-1-3-5-12/h1-5,7,9-10,15H,6,8H2,(H,17,18)/t15-/m0/s1. The van der Waals surface area contributed by atoms with E-state index in [0.29, 0.717) is 18.6 Å². The summed E-state index contributed by atoms with van der Waals surface area (Å²) in [6, 6.07) is 15.0. The Balaban J connectivity index is 1.79. The van der Waals surface area contributed by atoms with Crippen LogP contribution in [0, 0.1) is 0 Å². The molecule has 1 N–H and O–H groups in total. The summed E-state index contributed by atoms with van der Waals surface area (Å²) in [5, 5.41) is 8.96. The molecule has 0 amide bonds. The largest absolute Gasteiger partial charge is 0.479 e. The quantitative estimate of drug-likeness (QED) is 0.930. The first-order chi connectivity index (χ1) is 9.72. The highest BCUT2D eigenvalue weighted by Gasteiger charge is 2.25. The molecule has 3 rings (SSSR count). The van der Waals surface area contributed by atoms with Crippen LogP contribution in [-0.2, 0) is 11.2 Å². The van der Waals surface area contributed by atoms with E-state index in [2.05, 4.69) is 0 Å². The fourth-order valence-electron chi connectivity index (χ4n) is 2.23. The Kier molecular flexibility index (Phi) is 3.29. The zero-order valence-electron chi connectivity index (χ0n) is 10.8. The average Bonchev–Trinajstić information content (AvgIpc) is 2.47. The highest BCUT2D eigenvalue weighted by Crippen LogP contribution is 2.32. The van der Waals surface area contributed by atoms with Crippen LogP contribution in [0.1, 0.15) is 12.0 Å². The summed E-state index contributed by atoms with van der Waals surface area (Å²) in [5.41, 5.74) is 0.982. The van der Waals surface area contributed by atoms with Crippen LogP contribution in [-0.4, -0.2) is 17.2 Å². The number of benzene rings is 2. The smallest absolute Gasteiger partial charge is 0.344 e. The molecule has 1 heterocycles. The second-order valence-electron chi connectivity index (χ2n) is 4.67. The summed E-state index contributed by atoms with van der Waals surface area (Å²) in [5.74, 6) is 1.21. The summed E-state index contributed by atoms with van der Waals surface area (Å²) in [4.78, 5) is 10.9. The molecule has 1 atom stereocenters. The number of aliphatic carboxylic acids is 1. The van der Waals surface area contributed by atoms with Crippen molar-refractivity contribution in [2.24, 2.45) is 0 Å². The summed E-state index contributed by atoms with van der Waals surface area (Å²) in [6.07, 6.45) is 0.415. The van der Waals surface area contributed by atoms with Crippen LogP contribution in [0.15, 0.2) is 48.5 Å². The van der Waals surface area contributed by atoms with E-state index in [9.17, 15) is 4.79 Å². The Morgan fingerprint density at radius 3 is 2.70 bits per heavy atom. The number of ether oxygens (including phenoxy) is 2. The van der Waals surface area contributed by atoms with E-state index < -0.39 is 12.1 Å². The Labute approximate surface area is 116 Å². The van der Waals surface area contributed by atoms with Crippen molar-refractivity contribution >= 4 is 5.97 Å². The third-order valence-corrected chi connectivity index (χ3v) is 3.23. The molecule has 4 heteroatoms. The van der Waals surface area contributed by atoms with Gasteiger partial charge in [0.25, 0.3) is 0 Å². The van der Waals surface area contributed by atoms with E-state index in [0.717, 1.165) is 17.1 Å². The number of aryl methyl sites for hydroxylation is 1. The third kappa shape index (κ3) is 2.59. The van der Waals surface area contributed by atoms with Gasteiger partial charge < -0.3 is 14.6 Å². The molecule has 4 nitrogen and oxygen atoms in total. The van der Waals surface area contributed by atoms with E-state index >= 15 is 0 Å². The molecule has 20 heavy (non-hydrogen) atoms. The molecule has 0 bridgehead atoms. The maximum Gasteiger partial charge on any atom is 0.344 e. The lowest BCUT2D eigenvalue weighted by Crippen LogP contribution is -2.30. The summed E-state index contributed by atoms with van der Waals surface area (Å²) in [7, 11) is 0. The van der Waals surface area contributed by atoms with Crippen LogP contribution in [0.3, 0.4) is 0 Å². The fraction of sp³-hybridized carbons (Fsp3) is 0.188. The topological polar surface area (TPSA) is 55.8 Å². The molecule has 0 unspecified atom stereocenters. The van der Waals surface area contributed by atoms with Gasteiger partial charge in [-0.3, -0.25) is 0 Å². The van der Waals surface area contributed by atoms with Crippen molar-refractivity contribution in [2.45, 2.75) is 18.9 Å². The highest BCUT2D eigenvalue weighted by molar-refractivity contribution is 5.73. The molecule has 0 aliphatic carbocycles. The van der Waals surface area contributed by atoms with Crippen molar-refractivity contribution in [1.29, 1.82) is 0 Å². The van der Waals surface area contributed by atoms with Crippen LogP contribution >= 0.6 is 0 Å². The van der Waals surface area contributed by atoms with Crippen LogP contribution < -0.4 is 9.47 Å². The number of hydrogen-bond acceptors (Lipinski definition) is 3. The first-order valence-electron chi connectivity index (χ1n) is 6.47. The van der Waals surface area contributed by atoms with Crippen molar-refractivity contribution < 1.29 is 19.4 Å². The van der Waals surface area contributed by atoms with Gasteiger partial charge in [0.05, 0.1) is 0 Å². The third-order valence-electron chi connectivity index (χ3n) is 3.23. The number of carbonyl (C=O) groups is 1. The minimum Gasteiger partial charge on any atom is -0.479 e. The monoisotopic (exact) mass is 270 g/mol. The number of carboxylic acid groups (broad SMARTS) is 1. The minimum absolute atomic E-state index is 0.483. The van der Waals surface area contributed by atoms with E-state index in [1.54, 1.807) is 12.1 Å². The maximum absolute atomic E-state index is 10.9. The van der Waals surface area contributed by atoms with E-state index in [-0.39, 0.29) is 0 Å².